The highest BCUT2D eigenvalue weighted by molar-refractivity contribution is 7.47. The van der Waals surface area contributed by atoms with Crippen LogP contribution in [0.15, 0.2) is 72.9 Å². The molecule has 0 aliphatic rings. The zero-order valence-electron chi connectivity index (χ0n) is 47.4. The van der Waals surface area contributed by atoms with Crippen LogP contribution in [-0.2, 0) is 32.7 Å². The smallest absolute Gasteiger partial charge is 0.462 e. The number of hydrogen-bond donors (Lipinski definition) is 2. The van der Waals surface area contributed by atoms with E-state index in [1.807, 2.05) is 0 Å². The Morgan fingerprint density at radius 1 is 0.425 bits per heavy atom. The molecule has 0 saturated carbocycles. The van der Waals surface area contributed by atoms with Gasteiger partial charge in [0, 0.05) is 19.4 Å². The van der Waals surface area contributed by atoms with Gasteiger partial charge in [-0.25, -0.2) is 4.57 Å². The first kappa shape index (κ1) is 70.5. The first-order valence-electron chi connectivity index (χ1n) is 30.4. The van der Waals surface area contributed by atoms with Crippen LogP contribution in [0.4, 0.5) is 0 Å². The van der Waals surface area contributed by atoms with Crippen LogP contribution in [0.5, 0.6) is 0 Å². The molecule has 10 heteroatoms. The lowest BCUT2D eigenvalue weighted by molar-refractivity contribution is -0.161. The van der Waals surface area contributed by atoms with Crippen molar-refractivity contribution in [3.05, 3.63) is 72.9 Å². The Balaban J connectivity index is 3.84. The predicted molar refractivity (Wildman–Crippen MR) is 312 cm³/mol. The molecule has 0 aliphatic heterocycles. The third-order valence-electron chi connectivity index (χ3n) is 13.1. The van der Waals surface area contributed by atoms with Crippen molar-refractivity contribution in [1.29, 1.82) is 0 Å². The summed E-state index contributed by atoms with van der Waals surface area (Å²) in [6, 6.07) is 0. The van der Waals surface area contributed by atoms with E-state index in [-0.39, 0.29) is 38.6 Å². The first-order chi connectivity index (χ1) is 35.8. The standard InChI is InChI=1S/C63H114NO8P/c1-3-5-7-9-11-13-15-17-19-21-22-23-24-25-26-27-28-29-30-31-32-33-34-35-36-37-38-40-41-43-45-47-49-51-53-55-62(65)69-59-61(60-71-73(67,68)70-58-57-64)72-63(66)56-54-52-50-48-46-44-42-39-20-18-16-14-12-10-8-6-4-2/h6,8,12,14-15,17-18,20-22,42,44,61H,3-5,7,9-11,13,16,19,23-41,43,45-60,64H2,1-2H3,(H,67,68)/b8-6-,14-12-,17-15-,20-18-,22-21-,44-42-. The van der Waals surface area contributed by atoms with Crippen LogP contribution in [0.1, 0.15) is 284 Å². The number of ether oxygens (including phenoxy) is 2. The molecule has 0 heterocycles. The molecule has 2 unspecified atom stereocenters. The number of esters is 2. The third kappa shape index (κ3) is 58.6. The highest BCUT2D eigenvalue weighted by Crippen LogP contribution is 2.43. The van der Waals surface area contributed by atoms with E-state index in [1.54, 1.807) is 0 Å². The van der Waals surface area contributed by atoms with Gasteiger partial charge in [-0.15, -0.1) is 0 Å². The summed E-state index contributed by atoms with van der Waals surface area (Å²) in [7, 11) is -4.40. The summed E-state index contributed by atoms with van der Waals surface area (Å²) in [4.78, 5) is 35.1. The summed E-state index contributed by atoms with van der Waals surface area (Å²) in [5, 5.41) is 0. The van der Waals surface area contributed by atoms with E-state index < -0.39 is 26.5 Å². The van der Waals surface area contributed by atoms with Crippen LogP contribution < -0.4 is 5.73 Å². The molecule has 424 valence electrons. The fourth-order valence-electron chi connectivity index (χ4n) is 8.60. The van der Waals surface area contributed by atoms with Gasteiger partial charge in [0.05, 0.1) is 13.2 Å². The Morgan fingerprint density at radius 2 is 0.753 bits per heavy atom. The summed E-state index contributed by atoms with van der Waals surface area (Å²) in [5.41, 5.74) is 5.38. The van der Waals surface area contributed by atoms with Crippen molar-refractivity contribution in [2.45, 2.75) is 290 Å². The highest BCUT2D eigenvalue weighted by Gasteiger charge is 2.26. The largest absolute Gasteiger partial charge is 0.472 e. The van der Waals surface area contributed by atoms with E-state index in [4.69, 9.17) is 24.3 Å². The van der Waals surface area contributed by atoms with E-state index >= 15 is 0 Å². The van der Waals surface area contributed by atoms with E-state index in [0.29, 0.717) is 6.42 Å². The Kier molecular flexibility index (Phi) is 56.7. The molecule has 0 amide bonds. The monoisotopic (exact) mass is 1040 g/mol. The van der Waals surface area contributed by atoms with Crippen molar-refractivity contribution in [3.63, 3.8) is 0 Å². The zero-order chi connectivity index (χ0) is 53.1. The second-order valence-corrected chi connectivity index (χ2v) is 21.6. The van der Waals surface area contributed by atoms with E-state index in [1.165, 1.54) is 173 Å². The minimum Gasteiger partial charge on any atom is -0.462 e. The molecular formula is C63H114NO8P. The van der Waals surface area contributed by atoms with Crippen molar-refractivity contribution < 1.29 is 37.6 Å². The molecule has 9 nitrogen and oxygen atoms in total. The maximum absolute atomic E-state index is 12.7. The molecule has 0 radical (unpaired) electrons. The van der Waals surface area contributed by atoms with Gasteiger partial charge in [-0.05, 0) is 83.5 Å². The Bertz CT molecular complexity index is 1420. The van der Waals surface area contributed by atoms with Crippen LogP contribution in [0.3, 0.4) is 0 Å². The number of allylic oxidation sites excluding steroid dienone is 12. The second kappa shape index (κ2) is 58.7. The first-order valence-corrected chi connectivity index (χ1v) is 31.9. The number of unbranched alkanes of at least 4 members (excludes halogenated alkanes) is 32. The minimum absolute atomic E-state index is 0.0474. The molecule has 0 saturated heterocycles. The zero-order valence-corrected chi connectivity index (χ0v) is 48.3. The normalized spacial score (nSPS) is 13.5. The lowest BCUT2D eigenvalue weighted by Gasteiger charge is -2.19. The predicted octanol–water partition coefficient (Wildman–Crippen LogP) is 19.3. The molecule has 0 rings (SSSR count). The summed E-state index contributed by atoms with van der Waals surface area (Å²) in [6.07, 6.45) is 75.6. The molecule has 0 aromatic carbocycles. The topological polar surface area (TPSA) is 134 Å². The Hall–Kier alpha value is -2.55. The van der Waals surface area contributed by atoms with Crippen molar-refractivity contribution in [2.75, 3.05) is 26.4 Å². The Labute approximate surface area is 450 Å². The summed E-state index contributed by atoms with van der Waals surface area (Å²) < 4.78 is 33.0. The molecular weight excluding hydrogens is 930 g/mol. The Morgan fingerprint density at radius 3 is 1.12 bits per heavy atom. The molecule has 0 spiro atoms. The van der Waals surface area contributed by atoms with Gasteiger partial charge >= 0.3 is 19.8 Å². The number of rotatable bonds is 57. The van der Waals surface area contributed by atoms with Crippen LogP contribution in [0.25, 0.3) is 0 Å². The number of carbonyl (C=O) groups excluding carboxylic acids is 2. The van der Waals surface area contributed by atoms with Crippen molar-refractivity contribution in [3.8, 4) is 0 Å². The van der Waals surface area contributed by atoms with Gasteiger partial charge in [-0.3, -0.25) is 18.6 Å². The average Bonchev–Trinajstić information content (AvgIpc) is 3.38. The van der Waals surface area contributed by atoms with Gasteiger partial charge in [-0.2, -0.15) is 0 Å². The molecule has 2 atom stereocenters. The maximum atomic E-state index is 12.7. The van der Waals surface area contributed by atoms with Crippen LogP contribution in [-0.4, -0.2) is 49.3 Å². The fourth-order valence-corrected chi connectivity index (χ4v) is 9.37. The fraction of sp³-hybridized carbons (Fsp3) is 0.778. The number of carbonyl (C=O) groups is 2. The maximum Gasteiger partial charge on any atom is 0.472 e. The van der Waals surface area contributed by atoms with E-state index in [2.05, 4.69) is 86.8 Å². The number of nitrogens with two attached hydrogens (primary N) is 1. The van der Waals surface area contributed by atoms with E-state index in [0.717, 1.165) is 77.0 Å². The highest BCUT2D eigenvalue weighted by atomic mass is 31.2. The van der Waals surface area contributed by atoms with Crippen molar-refractivity contribution in [1.82, 2.24) is 0 Å². The van der Waals surface area contributed by atoms with Crippen molar-refractivity contribution >= 4 is 19.8 Å². The molecule has 0 bridgehead atoms. The minimum atomic E-state index is -4.40. The number of phosphoric acid groups is 1. The van der Waals surface area contributed by atoms with Crippen LogP contribution >= 0.6 is 7.82 Å². The van der Waals surface area contributed by atoms with Gasteiger partial charge in [0.25, 0.3) is 0 Å². The molecule has 0 aromatic rings. The van der Waals surface area contributed by atoms with Crippen LogP contribution in [0, 0.1) is 0 Å². The van der Waals surface area contributed by atoms with E-state index in [9.17, 15) is 19.0 Å². The number of phosphoric ester groups is 1. The quantitative estimate of drug-likeness (QED) is 0.0264. The lowest BCUT2D eigenvalue weighted by atomic mass is 10.0. The van der Waals surface area contributed by atoms with Crippen LogP contribution in [0.2, 0.25) is 0 Å². The number of hydrogen-bond acceptors (Lipinski definition) is 8. The lowest BCUT2D eigenvalue weighted by Crippen LogP contribution is -2.29. The molecule has 73 heavy (non-hydrogen) atoms. The summed E-state index contributed by atoms with van der Waals surface area (Å²) in [6.45, 7) is 3.61. The second-order valence-electron chi connectivity index (χ2n) is 20.2. The van der Waals surface area contributed by atoms with Gasteiger partial charge in [0.15, 0.2) is 6.10 Å². The molecule has 0 fully saturated rings. The third-order valence-corrected chi connectivity index (χ3v) is 14.1. The molecule has 3 N–H and O–H groups in total. The average molecular weight is 1040 g/mol. The SMILES string of the molecule is CC/C=C\C/C=C\C/C=C\C/C=C\CCCCCCC(=O)OC(COC(=O)CCCCCCCCCCCCCCCCCCCCCCCCC/C=C\C/C=C\CCCCCCC)COP(=O)(O)OCCN. The van der Waals surface area contributed by atoms with Gasteiger partial charge < -0.3 is 20.1 Å². The van der Waals surface area contributed by atoms with Crippen molar-refractivity contribution in [2.24, 2.45) is 5.73 Å². The van der Waals surface area contributed by atoms with Gasteiger partial charge in [0.2, 0.25) is 0 Å². The van der Waals surface area contributed by atoms with Gasteiger partial charge in [-0.1, -0.05) is 260 Å². The molecule has 0 aliphatic carbocycles. The molecule has 0 aromatic heterocycles. The summed E-state index contributed by atoms with van der Waals surface area (Å²) >= 11 is 0. The van der Waals surface area contributed by atoms with Gasteiger partial charge in [0.1, 0.15) is 6.61 Å². The summed E-state index contributed by atoms with van der Waals surface area (Å²) in [5.74, 6) is -0.849.